The smallest absolute Gasteiger partial charge is 0.248 e. The summed E-state index contributed by atoms with van der Waals surface area (Å²) in [5.74, 6) is 1.15. The van der Waals surface area contributed by atoms with Gasteiger partial charge in [0.05, 0.1) is 11.4 Å². The molecule has 0 radical (unpaired) electrons. The summed E-state index contributed by atoms with van der Waals surface area (Å²) in [6.45, 7) is 2.08. The van der Waals surface area contributed by atoms with E-state index in [9.17, 15) is 4.79 Å². The molecule has 1 unspecified atom stereocenters. The molecule has 0 saturated carbocycles. The Labute approximate surface area is 144 Å². The van der Waals surface area contributed by atoms with Gasteiger partial charge in [-0.3, -0.25) is 4.79 Å². The van der Waals surface area contributed by atoms with Crippen LogP contribution in [-0.4, -0.2) is 17.4 Å². The van der Waals surface area contributed by atoms with Crippen LogP contribution in [0.1, 0.15) is 17.5 Å². The lowest BCUT2D eigenvalue weighted by atomic mass is 9.92. The number of carbonyl (C=O) groups excluding carboxylic acids is 1. The van der Waals surface area contributed by atoms with Crippen LogP contribution in [0.15, 0.2) is 52.5 Å². The molecule has 2 aromatic carbocycles. The van der Waals surface area contributed by atoms with E-state index in [0.29, 0.717) is 11.4 Å². The fourth-order valence-corrected chi connectivity index (χ4v) is 4.26. The lowest BCUT2D eigenvalue weighted by molar-refractivity contribution is -0.119. The number of aryl methyl sites for hydroxylation is 1. The van der Waals surface area contributed by atoms with Crippen molar-refractivity contribution in [1.29, 1.82) is 0 Å². The number of amides is 1. The number of carbonyl (C=O) groups is 1. The van der Waals surface area contributed by atoms with Crippen molar-refractivity contribution in [1.82, 2.24) is 0 Å². The van der Waals surface area contributed by atoms with Crippen LogP contribution in [0.25, 0.3) is 0 Å². The third-order valence-electron chi connectivity index (χ3n) is 4.17. The summed E-state index contributed by atoms with van der Waals surface area (Å²) in [5.41, 5.74) is 4.16. The van der Waals surface area contributed by atoms with Crippen molar-refractivity contribution in [3.8, 4) is 0 Å². The number of halogens is 1. The summed E-state index contributed by atoms with van der Waals surface area (Å²) in [6, 6.07) is 13.7. The number of anilines is 1. The Morgan fingerprint density at radius 1 is 1.22 bits per heavy atom. The largest absolute Gasteiger partial charge is 0.273 e. The van der Waals surface area contributed by atoms with E-state index < -0.39 is 0 Å². The van der Waals surface area contributed by atoms with Crippen molar-refractivity contribution in [3.63, 3.8) is 0 Å². The molecule has 116 valence electrons. The molecule has 0 N–H and O–H groups in total. The normalized spacial score (nSPS) is 19.9. The quantitative estimate of drug-likeness (QED) is 0.763. The van der Waals surface area contributed by atoms with Gasteiger partial charge in [-0.25, -0.2) is 5.01 Å². The Hall–Kier alpha value is -1.78. The monoisotopic (exact) mass is 342 g/mol. The average molecular weight is 343 g/mol. The van der Waals surface area contributed by atoms with Gasteiger partial charge in [-0.15, -0.1) is 11.8 Å². The fourth-order valence-electron chi connectivity index (χ4n) is 2.99. The van der Waals surface area contributed by atoms with Crippen LogP contribution in [0.5, 0.6) is 0 Å². The van der Waals surface area contributed by atoms with Gasteiger partial charge < -0.3 is 0 Å². The number of thioether (sulfide) groups is 1. The molecule has 3 nitrogen and oxygen atoms in total. The maximum Gasteiger partial charge on any atom is 0.248 e. The molecule has 0 saturated heterocycles. The molecule has 0 fully saturated rings. The molecule has 0 spiro atoms. The van der Waals surface area contributed by atoms with Crippen LogP contribution >= 0.6 is 23.4 Å². The zero-order valence-electron chi connectivity index (χ0n) is 12.6. The lowest BCUT2D eigenvalue weighted by Gasteiger charge is -2.33. The second-order valence-electron chi connectivity index (χ2n) is 5.88. The van der Waals surface area contributed by atoms with Crippen LogP contribution < -0.4 is 5.01 Å². The molecule has 2 aliphatic heterocycles. The summed E-state index contributed by atoms with van der Waals surface area (Å²) in [7, 11) is 0. The van der Waals surface area contributed by atoms with Gasteiger partial charge in [-0.2, -0.15) is 5.10 Å². The van der Waals surface area contributed by atoms with Gasteiger partial charge in [-0.05, 0) is 43.3 Å². The number of fused-ring (bicyclic) bond motifs is 3. The second-order valence-corrected chi connectivity index (χ2v) is 7.38. The van der Waals surface area contributed by atoms with E-state index in [1.165, 1.54) is 15.5 Å². The highest BCUT2D eigenvalue weighted by Crippen LogP contribution is 2.38. The zero-order valence-corrected chi connectivity index (χ0v) is 14.2. The molecule has 2 heterocycles. The molecule has 2 aromatic rings. The molecule has 0 aliphatic carbocycles. The van der Waals surface area contributed by atoms with Gasteiger partial charge >= 0.3 is 0 Å². The summed E-state index contributed by atoms with van der Waals surface area (Å²) >= 11 is 7.76. The van der Waals surface area contributed by atoms with E-state index in [-0.39, 0.29) is 11.8 Å². The number of hydrogen-bond donors (Lipinski definition) is 0. The molecular formula is C18H15ClN2OS. The topological polar surface area (TPSA) is 32.7 Å². The average Bonchev–Trinajstić information content (AvgIpc) is 2.55. The Balaban J connectivity index is 1.81. The van der Waals surface area contributed by atoms with Crippen LogP contribution in [0.4, 0.5) is 5.69 Å². The van der Waals surface area contributed by atoms with E-state index in [2.05, 4.69) is 25.1 Å². The Bertz CT molecular complexity index is 816. The van der Waals surface area contributed by atoms with Crippen molar-refractivity contribution in [2.45, 2.75) is 18.2 Å². The van der Waals surface area contributed by atoms with Crippen molar-refractivity contribution >= 4 is 40.7 Å². The molecular weight excluding hydrogens is 328 g/mol. The molecule has 1 amide bonds. The number of benzene rings is 2. The lowest BCUT2D eigenvalue weighted by Crippen LogP contribution is -2.39. The summed E-state index contributed by atoms with van der Waals surface area (Å²) < 4.78 is 0. The van der Waals surface area contributed by atoms with Gasteiger partial charge in [0.1, 0.15) is 0 Å². The maximum atomic E-state index is 12.5. The first-order chi connectivity index (χ1) is 11.1. The number of hydrogen-bond acceptors (Lipinski definition) is 3. The van der Waals surface area contributed by atoms with Crippen molar-refractivity contribution in [2.24, 2.45) is 11.0 Å². The van der Waals surface area contributed by atoms with Crippen LogP contribution in [0.3, 0.4) is 0 Å². The van der Waals surface area contributed by atoms with E-state index in [1.807, 2.05) is 23.9 Å². The molecule has 0 aromatic heterocycles. The Kier molecular flexibility index (Phi) is 3.66. The SMILES string of the molecule is Cc1ccc2c(c1)C1=NN(c3ccc(Cl)cc3)C(=O)CC1CS2. The maximum absolute atomic E-state index is 12.5. The molecule has 4 rings (SSSR count). The zero-order chi connectivity index (χ0) is 16.0. The fraction of sp³-hybridized carbons (Fsp3) is 0.222. The van der Waals surface area contributed by atoms with Crippen LogP contribution in [-0.2, 0) is 4.79 Å². The van der Waals surface area contributed by atoms with E-state index >= 15 is 0 Å². The van der Waals surface area contributed by atoms with Crippen molar-refractivity contribution < 1.29 is 4.79 Å². The highest BCUT2D eigenvalue weighted by Gasteiger charge is 2.34. The van der Waals surface area contributed by atoms with E-state index in [0.717, 1.165) is 22.7 Å². The summed E-state index contributed by atoms with van der Waals surface area (Å²) in [5, 5.41) is 6.88. The van der Waals surface area contributed by atoms with Gasteiger partial charge in [-0.1, -0.05) is 23.2 Å². The molecule has 23 heavy (non-hydrogen) atoms. The summed E-state index contributed by atoms with van der Waals surface area (Å²) in [4.78, 5) is 13.7. The minimum Gasteiger partial charge on any atom is -0.273 e. The highest BCUT2D eigenvalue weighted by atomic mass is 35.5. The second kappa shape index (κ2) is 5.69. The standard InChI is InChI=1S/C18H15ClN2OS/c1-11-2-7-16-15(8-11)18-12(10-23-16)9-17(22)21(20-18)14-5-3-13(19)4-6-14/h2-8,12H,9-10H2,1H3. The highest BCUT2D eigenvalue weighted by molar-refractivity contribution is 7.99. The predicted molar refractivity (Wildman–Crippen MR) is 95.5 cm³/mol. The Morgan fingerprint density at radius 3 is 2.78 bits per heavy atom. The number of rotatable bonds is 1. The first-order valence-electron chi connectivity index (χ1n) is 7.52. The van der Waals surface area contributed by atoms with Gasteiger partial charge in [0.15, 0.2) is 0 Å². The minimum absolute atomic E-state index is 0.0396. The minimum atomic E-state index is 0.0396. The molecule has 1 atom stereocenters. The first kappa shape index (κ1) is 14.8. The molecule has 2 aliphatic rings. The van der Waals surface area contributed by atoms with Gasteiger partial charge in [0.25, 0.3) is 0 Å². The van der Waals surface area contributed by atoms with Crippen LogP contribution in [0.2, 0.25) is 5.02 Å². The third-order valence-corrected chi connectivity index (χ3v) is 5.66. The first-order valence-corrected chi connectivity index (χ1v) is 8.89. The summed E-state index contributed by atoms with van der Waals surface area (Å²) in [6.07, 6.45) is 0.502. The predicted octanol–water partition coefficient (Wildman–Crippen LogP) is 4.51. The number of hydrazone groups is 1. The van der Waals surface area contributed by atoms with E-state index in [4.69, 9.17) is 16.7 Å². The molecule has 5 heteroatoms. The van der Waals surface area contributed by atoms with Crippen molar-refractivity contribution in [3.05, 3.63) is 58.6 Å². The molecule has 0 bridgehead atoms. The Morgan fingerprint density at radius 2 is 2.00 bits per heavy atom. The third kappa shape index (κ3) is 2.66. The number of nitrogens with zero attached hydrogens (tertiary/aromatic N) is 2. The van der Waals surface area contributed by atoms with Crippen LogP contribution in [0, 0.1) is 12.8 Å². The van der Waals surface area contributed by atoms with E-state index in [1.54, 1.807) is 12.1 Å². The van der Waals surface area contributed by atoms with Gasteiger partial charge in [0.2, 0.25) is 5.91 Å². The van der Waals surface area contributed by atoms with Crippen molar-refractivity contribution in [2.75, 3.05) is 10.8 Å². The van der Waals surface area contributed by atoms with Gasteiger partial charge in [0, 0.05) is 33.6 Å².